The highest BCUT2D eigenvalue weighted by Crippen LogP contribution is 2.47. The van der Waals surface area contributed by atoms with E-state index in [4.69, 9.17) is 32.5 Å². The van der Waals surface area contributed by atoms with Crippen LogP contribution < -0.4 is 5.32 Å². The number of halogens is 5. The lowest BCUT2D eigenvalue weighted by molar-refractivity contribution is -0.141. The zero-order valence-corrected chi connectivity index (χ0v) is 26.4. The second kappa shape index (κ2) is 12.2. The summed E-state index contributed by atoms with van der Waals surface area (Å²) in [6.07, 6.45) is 0.954. The third kappa shape index (κ3) is 6.10. The first-order chi connectivity index (χ1) is 22.1. The minimum Gasteiger partial charge on any atom is -0.373 e. The van der Waals surface area contributed by atoms with Gasteiger partial charge < -0.3 is 19.5 Å². The van der Waals surface area contributed by atoms with Crippen LogP contribution in [0.5, 0.6) is 0 Å². The molecule has 2 aromatic heterocycles. The van der Waals surface area contributed by atoms with Crippen LogP contribution in [-0.2, 0) is 17.5 Å². The number of amides is 2. The van der Waals surface area contributed by atoms with Crippen LogP contribution in [-0.4, -0.2) is 39.3 Å². The number of aromatic nitrogens is 2. The Morgan fingerprint density at radius 3 is 2.48 bits per heavy atom. The van der Waals surface area contributed by atoms with Gasteiger partial charge in [-0.15, -0.1) is 0 Å². The SMILES string of the molecule is C[C@@H]1CC2C[C@H](OCc3c(-c4c(Cl)cccc4Cl)noc3C3CC3)CC1N2C(=O)Nc1cccc(-c2ccc(C(F)(F)F)nc2)c1. The molecule has 7 nitrogen and oxygen atoms in total. The molecular weight excluding hydrogens is 640 g/mol. The molecule has 2 aliphatic heterocycles. The van der Waals surface area contributed by atoms with Crippen LogP contribution in [0.25, 0.3) is 22.4 Å². The van der Waals surface area contributed by atoms with Gasteiger partial charge in [-0.25, -0.2) is 4.79 Å². The van der Waals surface area contributed by atoms with Crippen molar-refractivity contribution in [3.63, 3.8) is 0 Å². The van der Waals surface area contributed by atoms with Crippen molar-refractivity contribution >= 4 is 34.9 Å². The molecule has 4 atom stereocenters. The molecule has 1 aliphatic carbocycles. The number of hydrogen-bond donors (Lipinski definition) is 1. The van der Waals surface area contributed by atoms with Gasteiger partial charge in [0.05, 0.1) is 22.8 Å². The summed E-state index contributed by atoms with van der Waals surface area (Å²) in [7, 11) is 0. The van der Waals surface area contributed by atoms with Crippen molar-refractivity contribution in [2.45, 2.75) is 75.9 Å². The molecule has 2 aromatic carbocycles. The van der Waals surface area contributed by atoms with Gasteiger partial charge in [0.1, 0.15) is 17.1 Å². The van der Waals surface area contributed by atoms with Crippen LogP contribution in [0.1, 0.15) is 62.0 Å². The summed E-state index contributed by atoms with van der Waals surface area (Å²) in [5.41, 5.74) is 2.90. The fourth-order valence-electron chi connectivity index (χ4n) is 6.87. The van der Waals surface area contributed by atoms with Gasteiger partial charge in [0, 0.05) is 46.6 Å². The molecule has 46 heavy (non-hydrogen) atoms. The fraction of sp³-hybridized carbons (Fsp3) is 0.382. The second-order valence-electron chi connectivity index (χ2n) is 12.4. The van der Waals surface area contributed by atoms with E-state index in [0.29, 0.717) is 69.4 Å². The van der Waals surface area contributed by atoms with E-state index in [1.165, 1.54) is 12.3 Å². The molecule has 4 heterocycles. The number of ether oxygens (including phenoxy) is 1. The minimum absolute atomic E-state index is 0.00362. The molecule has 0 radical (unpaired) electrons. The number of piperidine rings is 1. The van der Waals surface area contributed by atoms with Gasteiger partial charge in [0.25, 0.3) is 0 Å². The smallest absolute Gasteiger partial charge is 0.373 e. The Morgan fingerprint density at radius 2 is 1.80 bits per heavy atom. The average Bonchev–Trinajstić information content (AvgIpc) is 3.74. The first-order valence-electron chi connectivity index (χ1n) is 15.3. The van der Waals surface area contributed by atoms with Gasteiger partial charge in [-0.05, 0) is 73.9 Å². The largest absolute Gasteiger partial charge is 0.433 e. The Bertz CT molecular complexity index is 1740. The van der Waals surface area contributed by atoms with Crippen molar-refractivity contribution in [3.8, 4) is 22.4 Å². The van der Waals surface area contributed by atoms with E-state index < -0.39 is 11.9 Å². The molecule has 1 N–H and O–H groups in total. The van der Waals surface area contributed by atoms with Gasteiger partial charge in [0.15, 0.2) is 0 Å². The molecule has 3 aliphatic rings. The van der Waals surface area contributed by atoms with Crippen LogP contribution in [0.15, 0.2) is 65.3 Å². The maximum atomic E-state index is 13.6. The summed E-state index contributed by atoms with van der Waals surface area (Å²) < 4.78 is 51.2. The molecule has 0 spiro atoms. The quantitative estimate of drug-likeness (QED) is 0.212. The Labute approximate surface area is 274 Å². The van der Waals surface area contributed by atoms with E-state index in [2.05, 4.69) is 22.4 Å². The molecule has 4 aromatic rings. The molecule has 1 saturated carbocycles. The van der Waals surface area contributed by atoms with Gasteiger partial charge in [-0.3, -0.25) is 4.98 Å². The summed E-state index contributed by atoms with van der Waals surface area (Å²) >= 11 is 13.1. The highest BCUT2D eigenvalue weighted by atomic mass is 35.5. The summed E-state index contributed by atoms with van der Waals surface area (Å²) in [5, 5.41) is 8.37. The molecule has 2 amide bonds. The van der Waals surface area contributed by atoms with Gasteiger partial charge in [-0.2, -0.15) is 13.2 Å². The van der Waals surface area contributed by atoms with Gasteiger partial charge in [0.2, 0.25) is 0 Å². The number of urea groups is 1. The molecule has 7 rings (SSSR count). The number of anilines is 1. The molecular formula is C34H31Cl2F3N4O3. The highest BCUT2D eigenvalue weighted by Gasteiger charge is 2.48. The average molecular weight is 672 g/mol. The molecule has 2 unspecified atom stereocenters. The van der Waals surface area contributed by atoms with E-state index in [1.807, 2.05) is 4.90 Å². The number of hydrogen-bond acceptors (Lipinski definition) is 5. The standard InChI is InChI=1S/C34H31Cl2F3N4O3/c1-18-12-23-14-24(45-17-25-31(42-46-32(25)19-8-9-19)30-26(35)6-3-7-27(30)36)15-28(18)43(23)33(44)41-22-5-2-4-20(13-22)21-10-11-29(40-16-21)34(37,38)39/h2-7,10-11,13,16,18-19,23-24,28H,8-9,12,14-15,17H2,1H3,(H,41,44)/t18-,23?,24+,28?/m1/s1. The van der Waals surface area contributed by atoms with E-state index >= 15 is 0 Å². The Hall–Kier alpha value is -3.60. The van der Waals surface area contributed by atoms with Crippen molar-refractivity contribution in [1.82, 2.24) is 15.0 Å². The van der Waals surface area contributed by atoms with Crippen LogP contribution in [0.2, 0.25) is 10.0 Å². The maximum Gasteiger partial charge on any atom is 0.433 e. The number of nitrogens with one attached hydrogen (secondary N) is 1. The molecule has 240 valence electrons. The van der Waals surface area contributed by atoms with Crippen LogP contribution in [0.3, 0.4) is 0 Å². The van der Waals surface area contributed by atoms with Gasteiger partial charge in [-0.1, -0.05) is 59.5 Å². The number of carbonyl (C=O) groups is 1. The first-order valence-corrected chi connectivity index (χ1v) is 16.1. The number of pyridine rings is 1. The lowest BCUT2D eigenvalue weighted by Gasteiger charge is -2.39. The number of fused-ring (bicyclic) bond motifs is 2. The van der Waals surface area contributed by atoms with E-state index in [9.17, 15) is 18.0 Å². The normalized spacial score (nSPS) is 22.7. The second-order valence-corrected chi connectivity index (χ2v) is 13.2. The third-order valence-electron chi connectivity index (χ3n) is 9.26. The van der Waals surface area contributed by atoms with Gasteiger partial charge >= 0.3 is 12.2 Å². The number of alkyl halides is 3. The van der Waals surface area contributed by atoms with Crippen LogP contribution >= 0.6 is 23.2 Å². The van der Waals surface area contributed by atoms with Crippen LogP contribution in [0, 0.1) is 5.92 Å². The number of nitrogens with zero attached hydrogens (tertiary/aromatic N) is 3. The van der Waals surface area contributed by atoms with Crippen molar-refractivity contribution in [3.05, 3.63) is 87.9 Å². The van der Waals surface area contributed by atoms with Crippen molar-refractivity contribution in [2.24, 2.45) is 5.92 Å². The van der Waals surface area contributed by atoms with E-state index in [1.54, 1.807) is 42.5 Å². The summed E-state index contributed by atoms with van der Waals surface area (Å²) in [5.74, 6) is 1.44. The molecule has 12 heteroatoms. The number of rotatable bonds is 7. The lowest BCUT2D eigenvalue weighted by Crippen LogP contribution is -2.51. The van der Waals surface area contributed by atoms with Crippen molar-refractivity contribution in [1.29, 1.82) is 0 Å². The van der Waals surface area contributed by atoms with E-state index in [-0.39, 0.29) is 24.2 Å². The molecule has 2 saturated heterocycles. The summed E-state index contributed by atoms with van der Waals surface area (Å²) in [4.78, 5) is 19.1. The Kier molecular flexibility index (Phi) is 8.23. The zero-order chi connectivity index (χ0) is 32.2. The maximum absolute atomic E-state index is 13.6. The Morgan fingerprint density at radius 1 is 1.04 bits per heavy atom. The third-order valence-corrected chi connectivity index (χ3v) is 9.89. The number of benzene rings is 2. The molecule has 2 bridgehead atoms. The predicted octanol–water partition coefficient (Wildman–Crippen LogP) is 9.60. The fourth-order valence-corrected chi connectivity index (χ4v) is 7.44. The van der Waals surface area contributed by atoms with E-state index in [0.717, 1.165) is 36.7 Å². The Balaban J connectivity index is 1.03. The van der Waals surface area contributed by atoms with Crippen molar-refractivity contribution in [2.75, 3.05) is 5.32 Å². The number of carbonyl (C=O) groups excluding carboxylic acids is 1. The predicted molar refractivity (Wildman–Crippen MR) is 169 cm³/mol. The highest BCUT2D eigenvalue weighted by molar-refractivity contribution is 6.39. The zero-order valence-electron chi connectivity index (χ0n) is 24.9. The monoisotopic (exact) mass is 670 g/mol. The van der Waals surface area contributed by atoms with Crippen LogP contribution in [0.4, 0.5) is 23.7 Å². The summed E-state index contributed by atoms with van der Waals surface area (Å²) in [6, 6.07) is 14.5. The molecule has 3 fully saturated rings. The minimum atomic E-state index is -4.51. The summed E-state index contributed by atoms with van der Waals surface area (Å²) in [6.45, 7) is 2.47. The van der Waals surface area contributed by atoms with Crippen molar-refractivity contribution < 1.29 is 27.2 Å². The first kappa shape index (κ1) is 31.0. The lowest BCUT2D eigenvalue weighted by atomic mass is 9.97. The topological polar surface area (TPSA) is 80.5 Å².